The third kappa shape index (κ3) is 5.44. The molecule has 17 heavy (non-hydrogen) atoms. The van der Waals surface area contributed by atoms with Gasteiger partial charge in [-0.15, -0.1) is 11.8 Å². The van der Waals surface area contributed by atoms with Crippen molar-refractivity contribution in [1.29, 1.82) is 0 Å². The maximum atomic E-state index is 11.1. The lowest BCUT2D eigenvalue weighted by Gasteiger charge is -2.30. The first-order valence-corrected chi connectivity index (χ1v) is 9.61. The Kier molecular flexibility index (Phi) is 7.23. The van der Waals surface area contributed by atoms with Gasteiger partial charge < -0.3 is 9.74 Å². The van der Waals surface area contributed by atoms with E-state index in [2.05, 4.69) is 19.2 Å². The molecule has 0 aliphatic carbocycles. The van der Waals surface area contributed by atoms with Crippen LogP contribution in [0.1, 0.15) is 46.5 Å². The summed E-state index contributed by atoms with van der Waals surface area (Å²) in [5.74, 6) is 0.0745. The fraction of sp³-hybridized carbons (Fsp3) is 0.917. The van der Waals surface area contributed by atoms with Crippen LogP contribution in [-0.2, 0) is 9.22 Å². The second-order valence-electron chi connectivity index (χ2n) is 4.59. The van der Waals surface area contributed by atoms with Gasteiger partial charge in [-0.3, -0.25) is 4.79 Å². The molecule has 1 heterocycles. The van der Waals surface area contributed by atoms with Crippen LogP contribution in [0.15, 0.2) is 0 Å². The van der Waals surface area contributed by atoms with E-state index >= 15 is 0 Å². The summed E-state index contributed by atoms with van der Waals surface area (Å²) in [6.07, 6.45) is 4.72. The first kappa shape index (κ1) is 15.1. The molecule has 1 fully saturated rings. The van der Waals surface area contributed by atoms with Gasteiger partial charge in [0.15, 0.2) is 9.04 Å². The molecule has 0 aromatic heterocycles. The molecule has 0 bridgehead atoms. The van der Waals surface area contributed by atoms with Gasteiger partial charge in [-0.05, 0) is 25.3 Å². The number of carbonyl (C=O) groups excluding carboxylic acids is 1. The highest BCUT2D eigenvalue weighted by atomic mass is 32.2. The molecule has 1 N–H and O–H groups in total. The molecule has 0 aromatic carbocycles. The normalized spacial score (nSPS) is 24.1. The lowest BCUT2D eigenvalue weighted by atomic mass is 10.4. The van der Waals surface area contributed by atoms with Gasteiger partial charge >= 0.3 is 0 Å². The molecule has 3 atom stereocenters. The summed E-state index contributed by atoms with van der Waals surface area (Å²) in [7, 11) is -1.04. The third-order valence-electron chi connectivity index (χ3n) is 3.11. The first-order valence-electron chi connectivity index (χ1n) is 6.71. The highest BCUT2D eigenvalue weighted by molar-refractivity contribution is 8.01. The summed E-state index contributed by atoms with van der Waals surface area (Å²) in [6.45, 7) is 6.93. The Morgan fingerprint density at radius 2 is 2.18 bits per heavy atom. The molecule has 1 saturated heterocycles. The van der Waals surface area contributed by atoms with Crippen molar-refractivity contribution >= 4 is 26.7 Å². The van der Waals surface area contributed by atoms with Crippen molar-refractivity contribution in [1.82, 2.24) is 5.32 Å². The largest absolute Gasteiger partial charge is 0.419 e. The number of nitrogens with one attached hydrogen (secondary N) is 1. The molecule has 3 nitrogen and oxygen atoms in total. The van der Waals surface area contributed by atoms with Crippen molar-refractivity contribution in [3.8, 4) is 0 Å². The molecule has 0 radical (unpaired) electrons. The molecule has 1 aliphatic rings. The van der Waals surface area contributed by atoms with Crippen LogP contribution in [0.2, 0.25) is 6.04 Å². The molecular weight excluding hydrogens is 250 g/mol. The van der Waals surface area contributed by atoms with E-state index in [1.54, 1.807) is 6.92 Å². The Balaban J connectivity index is 2.45. The number of hydrogen-bond acceptors (Lipinski definition) is 3. The van der Waals surface area contributed by atoms with E-state index in [9.17, 15) is 4.79 Å². The monoisotopic (exact) mass is 275 g/mol. The molecule has 1 amide bonds. The molecule has 5 heteroatoms. The van der Waals surface area contributed by atoms with Gasteiger partial charge in [0.2, 0.25) is 5.91 Å². The Morgan fingerprint density at radius 3 is 2.65 bits per heavy atom. The molecular formula is C12H25NO2SSi. The maximum absolute atomic E-state index is 11.1. The molecule has 0 aromatic rings. The SMILES string of the molecule is CCC(NC(C)=O)SC(CC)[SiH]1CCCCO1. The van der Waals surface area contributed by atoms with E-state index in [1.165, 1.54) is 18.9 Å². The second-order valence-corrected chi connectivity index (χ2v) is 9.31. The molecule has 3 unspecified atom stereocenters. The van der Waals surface area contributed by atoms with Gasteiger partial charge in [-0.1, -0.05) is 20.3 Å². The van der Waals surface area contributed by atoms with Gasteiger partial charge in [0.1, 0.15) is 0 Å². The van der Waals surface area contributed by atoms with E-state index < -0.39 is 9.04 Å². The van der Waals surface area contributed by atoms with Crippen molar-refractivity contribution in [2.75, 3.05) is 6.61 Å². The fourth-order valence-electron chi connectivity index (χ4n) is 2.18. The van der Waals surface area contributed by atoms with Gasteiger partial charge in [0, 0.05) is 18.4 Å². The highest BCUT2D eigenvalue weighted by Gasteiger charge is 2.28. The minimum Gasteiger partial charge on any atom is -0.419 e. The van der Waals surface area contributed by atoms with Crippen molar-refractivity contribution < 1.29 is 9.22 Å². The standard InChI is InChI=1S/C12H25NO2SSi/c1-4-11(13-10(3)14)16-12(5-2)17-9-7-6-8-15-17/h11-12,17H,4-9H2,1-3H3,(H,13,14). The lowest BCUT2D eigenvalue weighted by Crippen LogP contribution is -2.39. The Morgan fingerprint density at radius 1 is 1.41 bits per heavy atom. The van der Waals surface area contributed by atoms with Gasteiger partial charge in [-0.2, -0.15) is 0 Å². The molecule has 100 valence electrons. The predicted octanol–water partition coefficient (Wildman–Crippen LogP) is 2.44. The van der Waals surface area contributed by atoms with Gasteiger partial charge in [0.05, 0.1) is 5.37 Å². The quantitative estimate of drug-likeness (QED) is 0.598. The minimum atomic E-state index is -1.04. The maximum Gasteiger partial charge on any atom is 0.217 e. The fourth-order valence-corrected chi connectivity index (χ4v) is 7.57. The average molecular weight is 275 g/mol. The molecule has 1 aliphatic heterocycles. The van der Waals surface area contributed by atoms with Crippen LogP contribution in [0.3, 0.4) is 0 Å². The molecule has 0 saturated carbocycles. The summed E-state index contributed by atoms with van der Waals surface area (Å²) >= 11 is 1.93. The van der Waals surface area contributed by atoms with Crippen molar-refractivity contribution in [3.05, 3.63) is 0 Å². The topological polar surface area (TPSA) is 38.3 Å². The minimum absolute atomic E-state index is 0.0745. The summed E-state index contributed by atoms with van der Waals surface area (Å²) in [5, 5.41) is 3.28. The zero-order valence-corrected chi connectivity index (χ0v) is 13.2. The molecule has 1 rings (SSSR count). The van der Waals surface area contributed by atoms with E-state index in [-0.39, 0.29) is 11.3 Å². The first-order chi connectivity index (χ1) is 8.17. The van der Waals surface area contributed by atoms with Crippen molar-refractivity contribution in [3.63, 3.8) is 0 Å². The zero-order valence-electron chi connectivity index (χ0n) is 11.2. The van der Waals surface area contributed by atoms with Crippen LogP contribution in [0.4, 0.5) is 0 Å². The smallest absolute Gasteiger partial charge is 0.217 e. The van der Waals surface area contributed by atoms with E-state index in [0.29, 0.717) is 4.87 Å². The summed E-state index contributed by atoms with van der Waals surface area (Å²) in [5.41, 5.74) is 0. The van der Waals surface area contributed by atoms with E-state index in [0.717, 1.165) is 19.4 Å². The van der Waals surface area contributed by atoms with E-state index in [1.807, 2.05) is 11.8 Å². The summed E-state index contributed by atoms with van der Waals surface area (Å²) in [4.78, 5) is 11.8. The van der Waals surface area contributed by atoms with Crippen LogP contribution >= 0.6 is 11.8 Å². The Bertz CT molecular complexity index is 235. The number of thioether (sulfide) groups is 1. The van der Waals surface area contributed by atoms with Crippen LogP contribution in [0.25, 0.3) is 0 Å². The van der Waals surface area contributed by atoms with Crippen molar-refractivity contribution in [2.45, 2.75) is 62.7 Å². The number of carbonyl (C=O) groups is 1. The van der Waals surface area contributed by atoms with Crippen LogP contribution in [0, 0.1) is 0 Å². The Labute approximate surface area is 111 Å². The predicted molar refractivity (Wildman–Crippen MR) is 76.7 cm³/mol. The van der Waals surface area contributed by atoms with Crippen LogP contribution in [0.5, 0.6) is 0 Å². The van der Waals surface area contributed by atoms with Crippen LogP contribution < -0.4 is 5.32 Å². The van der Waals surface area contributed by atoms with Gasteiger partial charge in [-0.25, -0.2) is 0 Å². The Hall–Kier alpha value is -0.00312. The van der Waals surface area contributed by atoms with E-state index in [4.69, 9.17) is 4.43 Å². The second kappa shape index (κ2) is 8.16. The number of amides is 1. The van der Waals surface area contributed by atoms with Crippen molar-refractivity contribution in [2.24, 2.45) is 0 Å². The number of rotatable bonds is 6. The number of hydrogen-bond donors (Lipinski definition) is 1. The highest BCUT2D eigenvalue weighted by Crippen LogP contribution is 2.28. The zero-order chi connectivity index (χ0) is 12.7. The lowest BCUT2D eigenvalue weighted by molar-refractivity contribution is -0.119. The van der Waals surface area contributed by atoms with Gasteiger partial charge in [0.25, 0.3) is 0 Å². The summed E-state index contributed by atoms with van der Waals surface area (Å²) < 4.78 is 5.99. The average Bonchev–Trinajstić information content (AvgIpc) is 2.35. The van der Waals surface area contributed by atoms with Crippen LogP contribution in [-0.4, -0.2) is 31.8 Å². The molecule has 0 spiro atoms. The summed E-state index contributed by atoms with van der Waals surface area (Å²) in [6, 6.07) is 1.31. The third-order valence-corrected chi connectivity index (χ3v) is 8.89.